The van der Waals surface area contributed by atoms with Crippen molar-refractivity contribution in [2.75, 3.05) is 0 Å². The first kappa shape index (κ1) is 12.5. The molecule has 7 nitrogen and oxygen atoms in total. The molecule has 3 rings (SSSR count). The van der Waals surface area contributed by atoms with Crippen LogP contribution in [-0.2, 0) is 10.0 Å². The third-order valence-electron chi connectivity index (χ3n) is 3.42. The van der Waals surface area contributed by atoms with Crippen LogP contribution in [0.2, 0.25) is 0 Å². The number of hydrogen-bond acceptors (Lipinski definition) is 5. The summed E-state index contributed by atoms with van der Waals surface area (Å²) in [6, 6.07) is 2.82. The van der Waals surface area contributed by atoms with Crippen molar-refractivity contribution in [2.45, 2.75) is 36.4 Å². The van der Waals surface area contributed by atoms with Crippen molar-refractivity contribution in [3.63, 3.8) is 0 Å². The maximum atomic E-state index is 12.3. The van der Waals surface area contributed by atoms with Crippen LogP contribution in [0.1, 0.15) is 19.8 Å². The van der Waals surface area contributed by atoms with Crippen LogP contribution in [-0.4, -0.2) is 39.8 Å². The van der Waals surface area contributed by atoms with E-state index in [1.807, 2.05) is 0 Å². The van der Waals surface area contributed by atoms with Crippen LogP contribution in [0.5, 0.6) is 0 Å². The molecule has 0 bridgehead atoms. The summed E-state index contributed by atoms with van der Waals surface area (Å²) < 4.78 is 28.3. The lowest BCUT2D eigenvalue weighted by atomic mass is 10.2. The van der Waals surface area contributed by atoms with Gasteiger partial charge in [-0.05, 0) is 31.9 Å². The molecule has 19 heavy (non-hydrogen) atoms. The average molecular weight is 282 g/mol. The fourth-order valence-electron chi connectivity index (χ4n) is 1.95. The van der Waals surface area contributed by atoms with Crippen LogP contribution in [0.15, 0.2) is 29.6 Å². The number of nitrogens with one attached hydrogen (secondary N) is 1. The van der Waals surface area contributed by atoms with Crippen molar-refractivity contribution in [1.29, 1.82) is 0 Å². The lowest BCUT2D eigenvalue weighted by Crippen LogP contribution is -2.42. The smallest absolute Gasteiger partial charge is 0.260 e. The highest BCUT2D eigenvalue weighted by Crippen LogP contribution is 2.38. The van der Waals surface area contributed by atoms with Gasteiger partial charge in [0.05, 0.1) is 11.8 Å². The van der Waals surface area contributed by atoms with E-state index in [1.54, 1.807) is 19.1 Å². The largest absolute Gasteiger partial charge is 0.388 e. The Balaban J connectivity index is 1.96. The van der Waals surface area contributed by atoms with Gasteiger partial charge in [-0.3, -0.25) is 0 Å². The van der Waals surface area contributed by atoms with Crippen LogP contribution in [0, 0.1) is 0 Å². The zero-order valence-electron chi connectivity index (χ0n) is 10.3. The third kappa shape index (κ3) is 2.11. The molecule has 2 aromatic heterocycles. The van der Waals surface area contributed by atoms with Gasteiger partial charge in [0.2, 0.25) is 0 Å². The molecule has 1 atom stereocenters. The standard InChI is InChI=1S/C11H14N4O3S/c1-8(11(16)4-5-11)14-19(17,18)10-7-12-9-3-2-6-13-15(9)10/h2-3,6-8,14,16H,4-5H2,1H3/t8-/m0/s1. The maximum Gasteiger partial charge on any atom is 0.260 e. The van der Waals surface area contributed by atoms with Crippen molar-refractivity contribution in [3.8, 4) is 0 Å². The molecule has 1 saturated carbocycles. The summed E-state index contributed by atoms with van der Waals surface area (Å²) in [5.41, 5.74) is -0.457. The first-order chi connectivity index (χ1) is 8.92. The molecule has 8 heteroatoms. The van der Waals surface area contributed by atoms with E-state index < -0.39 is 21.7 Å². The molecule has 2 aromatic rings. The highest BCUT2D eigenvalue weighted by molar-refractivity contribution is 7.89. The Morgan fingerprint density at radius 1 is 1.53 bits per heavy atom. The predicted molar refractivity (Wildman–Crippen MR) is 67.0 cm³/mol. The molecule has 0 aromatic carbocycles. The minimum Gasteiger partial charge on any atom is -0.388 e. The van der Waals surface area contributed by atoms with Crippen LogP contribution in [0.3, 0.4) is 0 Å². The summed E-state index contributed by atoms with van der Waals surface area (Å²) in [7, 11) is -3.76. The van der Waals surface area contributed by atoms with Gasteiger partial charge in [0.25, 0.3) is 10.0 Å². The molecule has 1 aliphatic rings. The Bertz CT molecular complexity index is 720. The van der Waals surface area contributed by atoms with Crippen LogP contribution < -0.4 is 4.72 Å². The van der Waals surface area contributed by atoms with Crippen molar-refractivity contribution in [2.24, 2.45) is 0 Å². The highest BCUT2D eigenvalue weighted by Gasteiger charge is 2.47. The summed E-state index contributed by atoms with van der Waals surface area (Å²) >= 11 is 0. The van der Waals surface area contributed by atoms with Gasteiger partial charge in [-0.15, -0.1) is 0 Å². The molecule has 2 heterocycles. The first-order valence-electron chi connectivity index (χ1n) is 5.96. The van der Waals surface area contributed by atoms with Crippen molar-refractivity contribution >= 4 is 15.7 Å². The minimum atomic E-state index is -3.76. The second-order valence-corrected chi connectivity index (χ2v) is 6.50. The Morgan fingerprint density at radius 2 is 2.26 bits per heavy atom. The Kier molecular flexibility index (Phi) is 2.63. The zero-order valence-corrected chi connectivity index (χ0v) is 11.1. The number of nitrogens with zero attached hydrogens (tertiary/aromatic N) is 3. The molecule has 2 N–H and O–H groups in total. The monoisotopic (exact) mass is 282 g/mol. The van der Waals surface area contributed by atoms with E-state index in [0.717, 1.165) is 0 Å². The van der Waals surface area contributed by atoms with Gasteiger partial charge in [0.1, 0.15) is 0 Å². The normalized spacial score (nSPS) is 19.5. The predicted octanol–water partition coefficient (Wildman–Crippen LogP) is -0.0790. The number of aromatic nitrogens is 3. The molecule has 0 unspecified atom stereocenters. The fourth-order valence-corrected chi connectivity index (χ4v) is 3.32. The number of imidazole rings is 1. The SMILES string of the molecule is C[C@H](NS(=O)(=O)c1cnc2cccnn12)C1(O)CC1. The van der Waals surface area contributed by atoms with Gasteiger partial charge in [-0.25, -0.2) is 22.6 Å². The zero-order chi connectivity index (χ0) is 13.7. The van der Waals surface area contributed by atoms with Crippen molar-refractivity contribution in [3.05, 3.63) is 24.5 Å². The molecule has 102 valence electrons. The second-order valence-electron chi connectivity index (χ2n) is 4.84. The Morgan fingerprint density at radius 3 is 2.95 bits per heavy atom. The average Bonchev–Trinajstić information content (AvgIpc) is 2.96. The van der Waals surface area contributed by atoms with E-state index >= 15 is 0 Å². The van der Waals surface area contributed by atoms with E-state index in [0.29, 0.717) is 18.5 Å². The molecular weight excluding hydrogens is 268 g/mol. The van der Waals surface area contributed by atoms with Crippen LogP contribution in [0.4, 0.5) is 0 Å². The van der Waals surface area contributed by atoms with Crippen LogP contribution >= 0.6 is 0 Å². The van der Waals surface area contributed by atoms with Crippen LogP contribution in [0.25, 0.3) is 5.65 Å². The summed E-state index contributed by atoms with van der Waals surface area (Å²) in [4.78, 5) is 3.99. The quantitative estimate of drug-likeness (QED) is 0.817. The van der Waals surface area contributed by atoms with Gasteiger partial charge < -0.3 is 5.11 Å². The molecule has 0 aliphatic heterocycles. The van der Waals surface area contributed by atoms with Gasteiger partial charge in [-0.2, -0.15) is 5.10 Å². The Labute approximate surface area is 110 Å². The topological polar surface area (TPSA) is 96.6 Å². The molecule has 0 spiro atoms. The van der Waals surface area contributed by atoms with Crippen molar-refractivity contribution < 1.29 is 13.5 Å². The second kappa shape index (κ2) is 3.99. The van der Waals surface area contributed by atoms with E-state index in [4.69, 9.17) is 0 Å². The van der Waals surface area contributed by atoms with E-state index in [2.05, 4.69) is 14.8 Å². The third-order valence-corrected chi connectivity index (χ3v) is 4.91. The fraction of sp³-hybridized carbons (Fsp3) is 0.455. The molecule has 0 amide bonds. The van der Waals surface area contributed by atoms with Gasteiger partial charge in [0, 0.05) is 12.2 Å². The van der Waals surface area contributed by atoms with E-state index in [9.17, 15) is 13.5 Å². The molecule has 0 radical (unpaired) electrons. The van der Waals surface area contributed by atoms with E-state index in [1.165, 1.54) is 16.9 Å². The summed E-state index contributed by atoms with van der Waals surface area (Å²) in [5, 5.41) is 13.8. The van der Waals surface area contributed by atoms with Gasteiger partial charge >= 0.3 is 0 Å². The maximum absolute atomic E-state index is 12.3. The van der Waals surface area contributed by atoms with Gasteiger partial charge in [0.15, 0.2) is 10.7 Å². The molecular formula is C11H14N4O3S. The molecule has 1 fully saturated rings. The number of sulfonamides is 1. The summed E-state index contributed by atoms with van der Waals surface area (Å²) in [6.45, 7) is 1.65. The number of rotatable bonds is 4. The summed E-state index contributed by atoms with van der Waals surface area (Å²) in [6.07, 6.45) is 3.98. The lowest BCUT2D eigenvalue weighted by molar-refractivity contribution is 0.119. The Hall–Kier alpha value is -1.51. The highest BCUT2D eigenvalue weighted by atomic mass is 32.2. The molecule has 0 saturated heterocycles. The minimum absolute atomic E-state index is 0.0285. The lowest BCUT2D eigenvalue weighted by Gasteiger charge is -2.18. The first-order valence-corrected chi connectivity index (χ1v) is 7.44. The van der Waals surface area contributed by atoms with Crippen molar-refractivity contribution in [1.82, 2.24) is 19.3 Å². The number of aliphatic hydroxyl groups is 1. The van der Waals surface area contributed by atoms with E-state index in [-0.39, 0.29) is 5.03 Å². The molecule has 1 aliphatic carbocycles. The van der Waals surface area contributed by atoms with Gasteiger partial charge in [-0.1, -0.05) is 0 Å². The number of fused-ring (bicyclic) bond motifs is 1. The number of hydrogen-bond donors (Lipinski definition) is 2. The summed E-state index contributed by atoms with van der Waals surface area (Å²) in [5.74, 6) is 0.